The van der Waals surface area contributed by atoms with Crippen LogP contribution in [0, 0.1) is 27.2 Å². The van der Waals surface area contributed by atoms with Crippen molar-refractivity contribution in [2.75, 3.05) is 0 Å². The zero-order valence-electron chi connectivity index (χ0n) is 17.1. The smallest absolute Gasteiger partial charge is 0.344 e. The lowest BCUT2D eigenvalue weighted by atomic mass is 9.99. The number of nitrogens with two attached hydrogens (primary N) is 1. The Kier molecular flexibility index (Phi) is 6.53. The minimum Gasteiger partial charge on any atom is -0.422 e. The lowest BCUT2D eigenvalue weighted by molar-refractivity contribution is -0.394. The van der Waals surface area contributed by atoms with E-state index in [0.717, 1.165) is 23.8 Å². The predicted octanol–water partition coefficient (Wildman–Crippen LogP) is 3.58. The summed E-state index contributed by atoms with van der Waals surface area (Å²) < 4.78 is 5.32. The molecule has 0 aliphatic heterocycles. The standard InChI is InChI=1S/C22H16N4O7/c1-13-6-8-14(9-7-13)21(27)20(24-23)18-4-2-3-5-19(18)33-22(28)15-10-16(25(29)30)12-17(11-15)26(31)32/h2-12H,23H2,1H3/b24-20+. The summed E-state index contributed by atoms with van der Waals surface area (Å²) in [5, 5.41) is 25.7. The van der Waals surface area contributed by atoms with Crippen LogP contribution in [-0.4, -0.2) is 27.3 Å². The van der Waals surface area contributed by atoms with Gasteiger partial charge in [0.25, 0.3) is 11.4 Å². The maximum atomic E-state index is 12.9. The molecule has 11 nitrogen and oxygen atoms in total. The van der Waals surface area contributed by atoms with Crippen molar-refractivity contribution >= 4 is 28.8 Å². The second kappa shape index (κ2) is 9.47. The monoisotopic (exact) mass is 448 g/mol. The molecule has 3 aromatic carbocycles. The molecule has 0 aliphatic carbocycles. The number of non-ortho nitro benzene ring substituents is 2. The molecule has 0 saturated heterocycles. The summed E-state index contributed by atoms with van der Waals surface area (Å²) in [6.07, 6.45) is 0. The summed E-state index contributed by atoms with van der Waals surface area (Å²) in [5.41, 5.74) is -0.558. The summed E-state index contributed by atoms with van der Waals surface area (Å²) in [6.45, 7) is 1.86. The van der Waals surface area contributed by atoms with Crippen LogP contribution in [0.4, 0.5) is 11.4 Å². The molecule has 0 fully saturated rings. The third kappa shape index (κ3) is 5.05. The van der Waals surface area contributed by atoms with E-state index < -0.39 is 38.5 Å². The summed E-state index contributed by atoms with van der Waals surface area (Å²) in [5.74, 6) is 3.73. The van der Waals surface area contributed by atoms with Crippen LogP contribution in [0.3, 0.4) is 0 Å². The Balaban J connectivity index is 1.97. The highest BCUT2D eigenvalue weighted by Gasteiger charge is 2.24. The van der Waals surface area contributed by atoms with E-state index in [9.17, 15) is 29.8 Å². The van der Waals surface area contributed by atoms with Crippen LogP contribution >= 0.6 is 0 Å². The summed E-state index contributed by atoms with van der Waals surface area (Å²) in [4.78, 5) is 46.1. The largest absolute Gasteiger partial charge is 0.422 e. The van der Waals surface area contributed by atoms with Gasteiger partial charge in [0.05, 0.1) is 21.5 Å². The fraction of sp³-hybridized carbons (Fsp3) is 0.0455. The van der Waals surface area contributed by atoms with Crippen molar-refractivity contribution in [3.8, 4) is 5.75 Å². The Bertz CT molecular complexity index is 1270. The summed E-state index contributed by atoms with van der Waals surface area (Å²) in [6, 6.07) is 15.0. The van der Waals surface area contributed by atoms with Crippen molar-refractivity contribution in [3.05, 3.63) is 109 Å². The number of para-hydroxylation sites is 1. The second-order valence-electron chi connectivity index (χ2n) is 6.81. The van der Waals surface area contributed by atoms with E-state index in [0.29, 0.717) is 5.56 Å². The fourth-order valence-corrected chi connectivity index (χ4v) is 2.93. The minimum absolute atomic E-state index is 0.0962. The van der Waals surface area contributed by atoms with Gasteiger partial charge in [0.1, 0.15) is 11.5 Å². The van der Waals surface area contributed by atoms with Gasteiger partial charge in [-0.3, -0.25) is 25.0 Å². The molecule has 2 N–H and O–H groups in total. The van der Waals surface area contributed by atoms with Crippen molar-refractivity contribution in [2.24, 2.45) is 10.9 Å². The van der Waals surface area contributed by atoms with E-state index in [2.05, 4.69) is 5.10 Å². The number of ether oxygens (including phenoxy) is 1. The Hall–Kier alpha value is -4.93. The molecular weight excluding hydrogens is 432 g/mol. The van der Waals surface area contributed by atoms with Gasteiger partial charge in [0.2, 0.25) is 5.78 Å². The van der Waals surface area contributed by atoms with Crippen molar-refractivity contribution in [3.63, 3.8) is 0 Å². The normalized spacial score (nSPS) is 11.0. The first kappa shape index (κ1) is 22.7. The molecule has 0 aromatic heterocycles. The van der Waals surface area contributed by atoms with Crippen LogP contribution < -0.4 is 10.6 Å². The number of carbonyl (C=O) groups excluding carboxylic acids is 2. The molecule has 0 radical (unpaired) electrons. The topological polar surface area (TPSA) is 168 Å². The second-order valence-corrected chi connectivity index (χ2v) is 6.81. The van der Waals surface area contributed by atoms with Gasteiger partial charge in [0.15, 0.2) is 0 Å². The summed E-state index contributed by atoms with van der Waals surface area (Å²) >= 11 is 0. The first-order chi connectivity index (χ1) is 15.7. The van der Waals surface area contributed by atoms with E-state index in [1.54, 1.807) is 30.3 Å². The number of Topliss-reactive ketones (excluding diaryl/α,β-unsaturated/α-hetero) is 1. The van der Waals surface area contributed by atoms with Gasteiger partial charge in [-0.05, 0) is 19.1 Å². The van der Waals surface area contributed by atoms with E-state index in [-0.39, 0.29) is 17.0 Å². The van der Waals surface area contributed by atoms with Crippen LogP contribution in [0.15, 0.2) is 71.8 Å². The fourth-order valence-electron chi connectivity index (χ4n) is 2.93. The molecule has 166 valence electrons. The van der Waals surface area contributed by atoms with Crippen molar-refractivity contribution < 1.29 is 24.2 Å². The van der Waals surface area contributed by atoms with Crippen LogP contribution in [0.2, 0.25) is 0 Å². The number of ketones is 1. The zero-order chi connectivity index (χ0) is 24.1. The van der Waals surface area contributed by atoms with Crippen LogP contribution in [0.5, 0.6) is 5.75 Å². The number of carbonyl (C=O) groups is 2. The maximum absolute atomic E-state index is 12.9. The molecule has 0 unspecified atom stereocenters. The third-order valence-electron chi connectivity index (χ3n) is 4.56. The average molecular weight is 448 g/mol. The number of rotatable bonds is 7. The number of benzene rings is 3. The number of nitro benzene ring substituents is 2. The zero-order valence-corrected chi connectivity index (χ0v) is 17.1. The molecule has 0 heterocycles. The first-order valence-electron chi connectivity index (χ1n) is 9.36. The highest BCUT2D eigenvalue weighted by molar-refractivity contribution is 6.51. The molecule has 0 amide bonds. The number of esters is 1. The number of aryl methyl sites for hydroxylation is 1. The predicted molar refractivity (Wildman–Crippen MR) is 117 cm³/mol. The molecule has 33 heavy (non-hydrogen) atoms. The summed E-state index contributed by atoms with van der Waals surface area (Å²) in [7, 11) is 0. The van der Waals surface area contributed by atoms with Gasteiger partial charge >= 0.3 is 5.97 Å². The molecule has 0 atom stereocenters. The van der Waals surface area contributed by atoms with Crippen molar-refractivity contribution in [1.29, 1.82) is 0 Å². The van der Waals surface area contributed by atoms with E-state index in [4.69, 9.17) is 10.6 Å². The molecule has 0 aliphatic rings. The average Bonchev–Trinajstić information content (AvgIpc) is 2.80. The number of nitro groups is 2. The van der Waals surface area contributed by atoms with E-state index in [1.165, 1.54) is 18.2 Å². The first-order valence-corrected chi connectivity index (χ1v) is 9.36. The van der Waals surface area contributed by atoms with Gasteiger partial charge in [-0.15, -0.1) is 0 Å². The molecule has 3 aromatic rings. The Labute approximate surface area is 186 Å². The molecule has 0 saturated carbocycles. The number of hydrogen-bond donors (Lipinski definition) is 1. The van der Waals surface area contributed by atoms with Crippen LogP contribution in [0.25, 0.3) is 0 Å². The van der Waals surface area contributed by atoms with Crippen molar-refractivity contribution in [2.45, 2.75) is 6.92 Å². The van der Waals surface area contributed by atoms with Crippen LogP contribution in [-0.2, 0) is 0 Å². The van der Waals surface area contributed by atoms with Gasteiger partial charge < -0.3 is 10.6 Å². The molecular formula is C22H16N4O7. The van der Waals surface area contributed by atoms with Gasteiger partial charge in [-0.2, -0.15) is 5.10 Å². The number of nitrogens with zero attached hydrogens (tertiary/aromatic N) is 3. The third-order valence-corrected chi connectivity index (χ3v) is 4.56. The SMILES string of the molecule is Cc1ccc(C(=O)/C(=N/N)c2ccccc2OC(=O)c2cc([N+](=O)[O-])cc([N+](=O)[O-])c2)cc1. The highest BCUT2D eigenvalue weighted by Crippen LogP contribution is 2.26. The Morgan fingerprint density at radius 1 is 0.879 bits per heavy atom. The number of hydrogen-bond acceptors (Lipinski definition) is 9. The lowest BCUT2D eigenvalue weighted by Crippen LogP contribution is -2.20. The quantitative estimate of drug-likeness (QED) is 0.109. The lowest BCUT2D eigenvalue weighted by Gasteiger charge is -2.11. The Morgan fingerprint density at radius 3 is 2.00 bits per heavy atom. The maximum Gasteiger partial charge on any atom is 0.344 e. The van der Waals surface area contributed by atoms with Gasteiger partial charge in [-0.1, -0.05) is 42.0 Å². The molecule has 11 heteroatoms. The minimum atomic E-state index is -1.10. The van der Waals surface area contributed by atoms with Gasteiger partial charge in [-0.25, -0.2) is 4.79 Å². The van der Waals surface area contributed by atoms with Gasteiger partial charge in [0, 0.05) is 23.3 Å². The molecule has 0 spiro atoms. The van der Waals surface area contributed by atoms with Crippen LogP contribution in [0.1, 0.15) is 31.8 Å². The van der Waals surface area contributed by atoms with E-state index in [1.807, 2.05) is 6.92 Å². The molecule has 3 rings (SSSR count). The Morgan fingerprint density at radius 2 is 1.45 bits per heavy atom. The number of hydrazone groups is 1. The van der Waals surface area contributed by atoms with Crippen molar-refractivity contribution in [1.82, 2.24) is 0 Å². The molecule has 0 bridgehead atoms. The highest BCUT2D eigenvalue weighted by atomic mass is 16.6. The van der Waals surface area contributed by atoms with E-state index >= 15 is 0 Å².